The Labute approximate surface area is 147 Å². The van der Waals surface area contributed by atoms with Crippen LogP contribution in [0.2, 0.25) is 0 Å². The van der Waals surface area contributed by atoms with Crippen molar-refractivity contribution in [1.29, 1.82) is 0 Å². The van der Waals surface area contributed by atoms with E-state index in [1.807, 2.05) is 0 Å². The molecule has 3 nitrogen and oxygen atoms in total. The predicted octanol–water partition coefficient (Wildman–Crippen LogP) is 4.40. The maximum atomic E-state index is 13.4. The smallest absolute Gasteiger partial charge is 0.336 e. The third-order valence-corrected chi connectivity index (χ3v) is 3.63. The highest BCUT2D eigenvalue weighted by molar-refractivity contribution is 5.74. The van der Waals surface area contributed by atoms with Crippen molar-refractivity contribution in [2.24, 2.45) is 0 Å². The van der Waals surface area contributed by atoms with Crippen LogP contribution in [-0.2, 0) is 12.6 Å². The van der Waals surface area contributed by atoms with Gasteiger partial charge in [-0.05, 0) is 41.8 Å². The van der Waals surface area contributed by atoms with Gasteiger partial charge in [-0.2, -0.15) is 13.2 Å². The minimum atomic E-state index is -4.53. The molecule has 140 valence electrons. The van der Waals surface area contributed by atoms with E-state index in [0.29, 0.717) is 5.56 Å². The Hall–Kier alpha value is -2.64. The molecule has 0 aliphatic heterocycles. The highest BCUT2D eigenvalue weighted by Gasteiger charge is 2.31. The van der Waals surface area contributed by atoms with Crippen LogP contribution in [-0.4, -0.2) is 19.3 Å². The lowest BCUT2D eigenvalue weighted by atomic mass is 9.97. The second-order valence-corrected chi connectivity index (χ2v) is 5.60. The first-order valence-corrected chi connectivity index (χ1v) is 7.81. The first kappa shape index (κ1) is 19.7. The van der Waals surface area contributed by atoms with Gasteiger partial charge in [-0.1, -0.05) is 24.3 Å². The first-order chi connectivity index (χ1) is 12.3. The van der Waals surface area contributed by atoms with Crippen LogP contribution in [0, 0.1) is 5.82 Å². The number of alkyl halides is 4. The topological polar surface area (TPSA) is 41.1 Å². The molecular formula is C18H17F5N2O. The Balaban J connectivity index is 2.29. The molecule has 8 heteroatoms. The Morgan fingerprint density at radius 2 is 1.81 bits per heavy atom. The van der Waals surface area contributed by atoms with E-state index in [0.717, 1.165) is 12.1 Å². The maximum absolute atomic E-state index is 13.4. The summed E-state index contributed by atoms with van der Waals surface area (Å²) in [5.41, 5.74) is -0.150. The highest BCUT2D eigenvalue weighted by Crippen LogP contribution is 2.31. The quantitative estimate of drug-likeness (QED) is 0.726. The molecule has 26 heavy (non-hydrogen) atoms. The highest BCUT2D eigenvalue weighted by atomic mass is 19.4. The largest absolute Gasteiger partial charge is 0.416 e. The fourth-order valence-corrected chi connectivity index (χ4v) is 2.45. The van der Waals surface area contributed by atoms with Crippen molar-refractivity contribution in [3.05, 3.63) is 71.0 Å². The minimum Gasteiger partial charge on any atom is -0.336 e. The number of carbonyl (C=O) groups is 1. The van der Waals surface area contributed by atoms with E-state index in [1.165, 1.54) is 30.3 Å². The zero-order valence-electron chi connectivity index (χ0n) is 13.6. The van der Waals surface area contributed by atoms with Crippen molar-refractivity contribution < 1.29 is 26.7 Å². The van der Waals surface area contributed by atoms with Gasteiger partial charge in [0.1, 0.15) is 12.5 Å². The molecule has 0 fully saturated rings. The van der Waals surface area contributed by atoms with Crippen molar-refractivity contribution in [1.82, 2.24) is 10.6 Å². The molecule has 0 spiro atoms. The van der Waals surface area contributed by atoms with Crippen molar-refractivity contribution in [2.45, 2.75) is 18.6 Å². The average molecular weight is 372 g/mol. The second kappa shape index (κ2) is 8.64. The number of rotatable bonds is 6. The fourth-order valence-electron chi connectivity index (χ4n) is 2.45. The lowest BCUT2D eigenvalue weighted by Gasteiger charge is -2.21. The molecule has 2 amide bonds. The lowest BCUT2D eigenvalue weighted by Crippen LogP contribution is -2.39. The third-order valence-electron chi connectivity index (χ3n) is 3.63. The molecule has 0 heterocycles. The third kappa shape index (κ3) is 5.72. The molecule has 0 bridgehead atoms. The molecule has 2 rings (SSSR count). The fraction of sp³-hybridized carbons (Fsp3) is 0.278. The number of nitrogens with one attached hydrogen (secondary N) is 2. The van der Waals surface area contributed by atoms with Gasteiger partial charge in [0.05, 0.1) is 11.6 Å². The summed E-state index contributed by atoms with van der Waals surface area (Å²) in [5, 5.41) is 4.76. The van der Waals surface area contributed by atoms with Gasteiger partial charge in [0.15, 0.2) is 0 Å². The van der Waals surface area contributed by atoms with E-state index < -0.39 is 36.3 Å². The maximum Gasteiger partial charge on any atom is 0.416 e. The van der Waals surface area contributed by atoms with Crippen molar-refractivity contribution in [2.75, 3.05) is 13.2 Å². The van der Waals surface area contributed by atoms with Crippen LogP contribution in [0.15, 0.2) is 48.5 Å². The Morgan fingerprint density at radius 3 is 2.46 bits per heavy atom. The van der Waals surface area contributed by atoms with Crippen LogP contribution in [0.5, 0.6) is 0 Å². The Morgan fingerprint density at radius 1 is 1.08 bits per heavy atom. The zero-order chi connectivity index (χ0) is 19.2. The molecule has 1 unspecified atom stereocenters. The van der Waals surface area contributed by atoms with Gasteiger partial charge in [0.2, 0.25) is 0 Å². The number of hydrogen-bond donors (Lipinski definition) is 2. The monoisotopic (exact) mass is 372 g/mol. The zero-order valence-corrected chi connectivity index (χ0v) is 13.6. The number of urea groups is 1. The molecule has 2 aromatic carbocycles. The summed E-state index contributed by atoms with van der Waals surface area (Å²) in [6.07, 6.45) is -4.46. The number of hydrogen-bond acceptors (Lipinski definition) is 1. The molecule has 0 aliphatic rings. The summed E-state index contributed by atoms with van der Waals surface area (Å²) in [5.74, 6) is -0.493. The molecule has 0 saturated heterocycles. The molecule has 2 N–H and O–H groups in total. The summed E-state index contributed by atoms with van der Waals surface area (Å²) in [7, 11) is 0. The van der Waals surface area contributed by atoms with E-state index >= 15 is 0 Å². The van der Waals surface area contributed by atoms with Gasteiger partial charge < -0.3 is 10.6 Å². The van der Waals surface area contributed by atoms with Gasteiger partial charge in [-0.3, -0.25) is 0 Å². The van der Waals surface area contributed by atoms with Crippen LogP contribution in [0.4, 0.5) is 26.7 Å². The molecule has 0 aliphatic carbocycles. The summed E-state index contributed by atoms with van der Waals surface area (Å²) < 4.78 is 64.4. The van der Waals surface area contributed by atoms with E-state index in [4.69, 9.17) is 0 Å². The standard InChI is InChI=1S/C18H17F5N2O/c19-7-8-24-17(26)25-16(10-12-3-1-6-15(20)9-12)13-4-2-5-14(11-13)18(21,22)23/h1-6,9,11,16H,7-8,10H2,(H2,24,25,26). The van der Waals surface area contributed by atoms with Gasteiger partial charge in [-0.15, -0.1) is 0 Å². The summed E-state index contributed by atoms with van der Waals surface area (Å²) in [6.45, 7) is -0.993. The van der Waals surface area contributed by atoms with Gasteiger partial charge in [0.25, 0.3) is 0 Å². The molecule has 0 radical (unpaired) electrons. The molecule has 2 aromatic rings. The van der Waals surface area contributed by atoms with Crippen LogP contribution < -0.4 is 10.6 Å². The van der Waals surface area contributed by atoms with E-state index in [-0.39, 0.29) is 18.5 Å². The van der Waals surface area contributed by atoms with E-state index in [2.05, 4.69) is 10.6 Å². The minimum absolute atomic E-state index is 0.0715. The van der Waals surface area contributed by atoms with Gasteiger partial charge in [0, 0.05) is 6.54 Å². The first-order valence-electron chi connectivity index (χ1n) is 7.81. The number of benzene rings is 2. The predicted molar refractivity (Wildman–Crippen MR) is 86.8 cm³/mol. The van der Waals surface area contributed by atoms with Gasteiger partial charge in [-0.25, -0.2) is 13.6 Å². The number of amides is 2. The van der Waals surface area contributed by atoms with Gasteiger partial charge >= 0.3 is 12.2 Å². The summed E-state index contributed by atoms with van der Waals surface area (Å²) in [6, 6.07) is 8.51. The van der Waals surface area contributed by atoms with Crippen LogP contribution in [0.25, 0.3) is 0 Å². The van der Waals surface area contributed by atoms with Crippen molar-refractivity contribution in [3.8, 4) is 0 Å². The van der Waals surface area contributed by atoms with E-state index in [9.17, 15) is 26.7 Å². The summed E-state index contributed by atoms with van der Waals surface area (Å²) >= 11 is 0. The van der Waals surface area contributed by atoms with Crippen LogP contribution in [0.3, 0.4) is 0 Å². The average Bonchev–Trinajstić information content (AvgIpc) is 2.59. The lowest BCUT2D eigenvalue weighted by molar-refractivity contribution is -0.137. The van der Waals surface area contributed by atoms with Crippen molar-refractivity contribution >= 4 is 6.03 Å². The molecular weight excluding hydrogens is 355 g/mol. The van der Waals surface area contributed by atoms with E-state index in [1.54, 1.807) is 6.07 Å². The number of halogens is 5. The SMILES string of the molecule is O=C(NCCF)NC(Cc1cccc(F)c1)c1cccc(C(F)(F)F)c1. The van der Waals surface area contributed by atoms with Crippen molar-refractivity contribution in [3.63, 3.8) is 0 Å². The van der Waals surface area contributed by atoms with Crippen LogP contribution in [0.1, 0.15) is 22.7 Å². The Kier molecular flexibility index (Phi) is 6.54. The molecule has 1 atom stereocenters. The van der Waals surface area contributed by atoms with Crippen LogP contribution >= 0.6 is 0 Å². The number of carbonyl (C=O) groups excluding carboxylic acids is 1. The molecule has 0 saturated carbocycles. The second-order valence-electron chi connectivity index (χ2n) is 5.60. The molecule has 0 aromatic heterocycles. The normalized spacial score (nSPS) is 12.5. The Bertz CT molecular complexity index is 748. The summed E-state index contributed by atoms with van der Waals surface area (Å²) in [4.78, 5) is 11.8.